The lowest BCUT2D eigenvalue weighted by molar-refractivity contribution is 0.627. The average Bonchev–Trinajstić information content (AvgIpc) is 2.66. The van der Waals surface area contributed by atoms with E-state index in [2.05, 4.69) is 4.98 Å². The fraction of sp³-hybridized carbons (Fsp3) is 0.182. The van der Waals surface area contributed by atoms with E-state index in [0.29, 0.717) is 6.54 Å². The molecule has 78 valence electrons. The van der Waals surface area contributed by atoms with Crippen LogP contribution in [0.1, 0.15) is 10.4 Å². The zero-order valence-electron chi connectivity index (χ0n) is 8.33. The molecule has 1 heterocycles. The summed E-state index contributed by atoms with van der Waals surface area (Å²) in [5.74, 6) is -0.216. The highest BCUT2D eigenvalue weighted by Gasteiger charge is 2.07. The predicted octanol–water partition coefficient (Wildman–Crippen LogP) is 2.72. The smallest absolute Gasteiger partial charge is 0.123 e. The van der Waals surface area contributed by atoms with Crippen LogP contribution in [0.5, 0.6) is 0 Å². The quantitative estimate of drug-likeness (QED) is 0.848. The van der Waals surface area contributed by atoms with Gasteiger partial charge < -0.3 is 5.73 Å². The topological polar surface area (TPSA) is 38.9 Å². The number of hydrogen-bond donors (Lipinski definition) is 1. The molecule has 0 unspecified atom stereocenters. The Hall–Kier alpha value is -1.26. The highest BCUT2D eigenvalue weighted by atomic mass is 32.1. The number of aryl methyl sites for hydroxylation is 1. The van der Waals surface area contributed by atoms with E-state index in [0.717, 1.165) is 21.0 Å². The van der Waals surface area contributed by atoms with Crippen LogP contribution in [0.25, 0.3) is 10.6 Å². The second-order valence-corrected chi connectivity index (χ2v) is 4.41. The molecule has 0 fully saturated rings. The fourth-order valence-electron chi connectivity index (χ4n) is 1.39. The monoisotopic (exact) mass is 222 g/mol. The minimum absolute atomic E-state index is 0.216. The van der Waals surface area contributed by atoms with Crippen molar-refractivity contribution in [2.75, 3.05) is 0 Å². The first-order chi connectivity index (χ1) is 7.20. The average molecular weight is 222 g/mol. The molecule has 0 radical (unpaired) electrons. The molecule has 2 nitrogen and oxygen atoms in total. The van der Waals surface area contributed by atoms with Crippen LogP contribution in [0.4, 0.5) is 4.39 Å². The molecule has 2 N–H and O–H groups in total. The summed E-state index contributed by atoms with van der Waals surface area (Å²) in [6.07, 6.45) is 1.77. The number of nitrogens with zero attached hydrogens (tertiary/aromatic N) is 1. The summed E-state index contributed by atoms with van der Waals surface area (Å²) in [5, 5.41) is 0.896. The van der Waals surface area contributed by atoms with Gasteiger partial charge in [0.15, 0.2) is 0 Å². The van der Waals surface area contributed by atoms with Gasteiger partial charge in [-0.25, -0.2) is 9.37 Å². The Kier molecular flexibility index (Phi) is 2.79. The Morgan fingerprint density at radius 3 is 2.87 bits per heavy atom. The third-order valence-electron chi connectivity index (χ3n) is 2.17. The molecule has 0 aliphatic heterocycles. The molecule has 0 bridgehead atoms. The van der Waals surface area contributed by atoms with Crippen molar-refractivity contribution < 1.29 is 4.39 Å². The van der Waals surface area contributed by atoms with E-state index in [9.17, 15) is 4.39 Å². The van der Waals surface area contributed by atoms with E-state index in [4.69, 9.17) is 5.73 Å². The Labute approximate surface area is 91.6 Å². The minimum Gasteiger partial charge on any atom is -0.326 e. The summed E-state index contributed by atoms with van der Waals surface area (Å²) in [6.45, 7) is 2.37. The highest BCUT2D eigenvalue weighted by molar-refractivity contribution is 7.15. The Bertz CT molecular complexity index is 479. The number of halogens is 1. The number of rotatable bonds is 2. The zero-order chi connectivity index (χ0) is 10.8. The molecule has 15 heavy (non-hydrogen) atoms. The van der Waals surface area contributed by atoms with E-state index in [1.165, 1.54) is 12.1 Å². The molecule has 0 spiro atoms. The summed E-state index contributed by atoms with van der Waals surface area (Å²) in [6, 6.07) is 4.72. The molecule has 1 aromatic carbocycles. The number of benzene rings is 1. The Morgan fingerprint density at radius 2 is 2.27 bits per heavy atom. The lowest BCUT2D eigenvalue weighted by Crippen LogP contribution is -1.91. The molecule has 0 atom stereocenters. The molecule has 0 amide bonds. The van der Waals surface area contributed by atoms with Crippen LogP contribution in [0.2, 0.25) is 0 Å². The first kappa shape index (κ1) is 10.3. The van der Waals surface area contributed by atoms with Crippen LogP contribution in [0.3, 0.4) is 0 Å². The van der Waals surface area contributed by atoms with Crippen LogP contribution in [-0.2, 0) is 6.54 Å². The summed E-state index contributed by atoms with van der Waals surface area (Å²) >= 11 is 1.55. The first-order valence-corrected chi connectivity index (χ1v) is 5.43. The molecule has 0 saturated carbocycles. The number of aromatic nitrogens is 1. The van der Waals surface area contributed by atoms with Crippen LogP contribution >= 0.6 is 11.3 Å². The van der Waals surface area contributed by atoms with Gasteiger partial charge in [0.2, 0.25) is 0 Å². The molecule has 2 aromatic rings. The van der Waals surface area contributed by atoms with Crippen LogP contribution in [-0.4, -0.2) is 4.98 Å². The summed E-state index contributed by atoms with van der Waals surface area (Å²) in [4.78, 5) is 5.30. The van der Waals surface area contributed by atoms with Crippen LogP contribution in [0.15, 0.2) is 24.4 Å². The summed E-state index contributed by atoms with van der Waals surface area (Å²) in [5.41, 5.74) is 7.38. The Morgan fingerprint density at radius 1 is 1.47 bits per heavy atom. The molecule has 0 aliphatic carbocycles. The SMILES string of the molecule is Cc1cc(F)ccc1-c1ncc(CN)s1. The highest BCUT2D eigenvalue weighted by Crippen LogP contribution is 2.27. The van der Waals surface area contributed by atoms with Gasteiger partial charge in [0.1, 0.15) is 10.8 Å². The summed E-state index contributed by atoms with van der Waals surface area (Å²) < 4.78 is 12.9. The van der Waals surface area contributed by atoms with E-state index in [-0.39, 0.29) is 5.82 Å². The second-order valence-electron chi connectivity index (χ2n) is 3.30. The molecule has 1 aromatic heterocycles. The van der Waals surface area contributed by atoms with Crippen molar-refractivity contribution in [3.05, 3.63) is 40.7 Å². The van der Waals surface area contributed by atoms with E-state index in [1.54, 1.807) is 23.6 Å². The maximum absolute atomic E-state index is 12.9. The van der Waals surface area contributed by atoms with Gasteiger partial charge in [-0.2, -0.15) is 0 Å². The van der Waals surface area contributed by atoms with E-state index >= 15 is 0 Å². The van der Waals surface area contributed by atoms with Gasteiger partial charge in [-0.15, -0.1) is 11.3 Å². The molecular weight excluding hydrogens is 211 g/mol. The third-order valence-corrected chi connectivity index (χ3v) is 3.23. The number of nitrogens with two attached hydrogens (primary N) is 1. The molecular formula is C11H11FN2S. The maximum atomic E-state index is 12.9. The van der Waals surface area contributed by atoms with Gasteiger partial charge in [-0.05, 0) is 30.7 Å². The van der Waals surface area contributed by atoms with Gasteiger partial charge in [0, 0.05) is 23.2 Å². The predicted molar refractivity (Wildman–Crippen MR) is 60.1 cm³/mol. The van der Waals surface area contributed by atoms with Gasteiger partial charge >= 0.3 is 0 Å². The van der Waals surface area contributed by atoms with Gasteiger partial charge in [0.25, 0.3) is 0 Å². The van der Waals surface area contributed by atoms with Crippen LogP contribution < -0.4 is 5.73 Å². The van der Waals surface area contributed by atoms with Crippen LogP contribution in [0, 0.1) is 12.7 Å². The third kappa shape index (κ3) is 2.06. The van der Waals surface area contributed by atoms with Gasteiger partial charge in [0.05, 0.1) is 0 Å². The Balaban J connectivity index is 2.44. The fourth-order valence-corrected chi connectivity index (χ4v) is 2.27. The zero-order valence-corrected chi connectivity index (χ0v) is 9.14. The van der Waals surface area contributed by atoms with E-state index < -0.39 is 0 Å². The van der Waals surface area contributed by atoms with Crippen molar-refractivity contribution >= 4 is 11.3 Å². The normalized spacial score (nSPS) is 10.6. The number of hydrogen-bond acceptors (Lipinski definition) is 3. The molecule has 0 aliphatic rings. The number of thiazole rings is 1. The largest absolute Gasteiger partial charge is 0.326 e. The summed E-state index contributed by atoms with van der Waals surface area (Å²) in [7, 11) is 0. The molecule has 2 rings (SSSR count). The lowest BCUT2D eigenvalue weighted by Gasteiger charge is -2.01. The minimum atomic E-state index is -0.216. The second kappa shape index (κ2) is 4.08. The maximum Gasteiger partial charge on any atom is 0.123 e. The lowest BCUT2D eigenvalue weighted by atomic mass is 10.1. The molecule has 0 saturated heterocycles. The molecule has 4 heteroatoms. The van der Waals surface area contributed by atoms with Crippen molar-refractivity contribution in [2.45, 2.75) is 13.5 Å². The van der Waals surface area contributed by atoms with Gasteiger partial charge in [-0.1, -0.05) is 0 Å². The van der Waals surface area contributed by atoms with Crippen molar-refractivity contribution in [3.63, 3.8) is 0 Å². The standard InChI is InChI=1S/C11H11FN2S/c1-7-4-8(12)2-3-10(7)11-14-6-9(5-13)15-11/h2-4,6H,5,13H2,1H3. The van der Waals surface area contributed by atoms with Crippen molar-refractivity contribution in [1.29, 1.82) is 0 Å². The van der Waals surface area contributed by atoms with E-state index in [1.807, 2.05) is 6.92 Å². The van der Waals surface area contributed by atoms with Crippen molar-refractivity contribution in [2.24, 2.45) is 5.73 Å². The van der Waals surface area contributed by atoms with Crippen molar-refractivity contribution in [3.8, 4) is 10.6 Å². The van der Waals surface area contributed by atoms with Crippen molar-refractivity contribution in [1.82, 2.24) is 4.98 Å². The van der Waals surface area contributed by atoms with Gasteiger partial charge in [-0.3, -0.25) is 0 Å². The first-order valence-electron chi connectivity index (χ1n) is 4.62.